The molecule has 20 heavy (non-hydrogen) atoms. The lowest BCUT2D eigenvalue weighted by Gasteiger charge is -2.37. The zero-order chi connectivity index (χ0) is 14.2. The molecule has 1 unspecified atom stereocenters. The molecule has 112 valence electrons. The number of rotatable bonds is 8. The number of imidazole rings is 1. The molecule has 0 spiro atoms. The molecule has 2 aliphatic carbocycles. The van der Waals surface area contributed by atoms with E-state index in [2.05, 4.69) is 26.8 Å². The smallest absolute Gasteiger partial charge is 0.122 e. The molecule has 0 bridgehead atoms. The Bertz CT molecular complexity index is 452. The number of aliphatic hydroxyl groups excluding tert-OH is 1. The molecule has 1 aromatic rings. The molecule has 1 aromatic heterocycles. The highest BCUT2D eigenvalue weighted by Gasteiger charge is 2.47. The second-order valence-corrected chi connectivity index (χ2v) is 6.63. The second kappa shape index (κ2) is 5.47. The highest BCUT2D eigenvalue weighted by molar-refractivity contribution is 5.06. The van der Waals surface area contributed by atoms with Crippen molar-refractivity contribution in [2.24, 2.45) is 13.0 Å². The molecular formula is C15H26N4O. The van der Waals surface area contributed by atoms with E-state index in [9.17, 15) is 5.11 Å². The minimum atomic E-state index is -0.110. The number of hydrogen-bond acceptors (Lipinski definition) is 4. The molecule has 0 radical (unpaired) electrons. The van der Waals surface area contributed by atoms with Crippen molar-refractivity contribution in [1.82, 2.24) is 19.8 Å². The van der Waals surface area contributed by atoms with Crippen molar-refractivity contribution in [2.75, 3.05) is 20.2 Å². The number of aromatic nitrogens is 2. The van der Waals surface area contributed by atoms with Gasteiger partial charge in [-0.15, -0.1) is 0 Å². The largest absolute Gasteiger partial charge is 0.394 e. The summed E-state index contributed by atoms with van der Waals surface area (Å²) in [7, 11) is 4.15. The molecule has 3 rings (SSSR count). The number of nitrogens with zero attached hydrogens (tertiary/aromatic N) is 3. The fraction of sp³-hybridized carbons (Fsp3) is 0.800. The average molecular weight is 278 g/mol. The third-order valence-electron chi connectivity index (χ3n) is 4.59. The third-order valence-corrected chi connectivity index (χ3v) is 4.59. The molecule has 2 N–H and O–H groups in total. The zero-order valence-corrected chi connectivity index (χ0v) is 12.5. The Morgan fingerprint density at radius 3 is 2.70 bits per heavy atom. The van der Waals surface area contributed by atoms with Crippen molar-refractivity contribution >= 4 is 0 Å². The van der Waals surface area contributed by atoms with Gasteiger partial charge < -0.3 is 15.0 Å². The molecule has 2 saturated carbocycles. The summed E-state index contributed by atoms with van der Waals surface area (Å²) in [5.74, 6) is 1.71. The highest BCUT2D eigenvalue weighted by Crippen LogP contribution is 2.41. The molecule has 5 heteroatoms. The number of nitrogens with one attached hydrogen (secondary N) is 1. The lowest BCUT2D eigenvalue weighted by Crippen LogP contribution is -2.58. The van der Waals surface area contributed by atoms with E-state index in [1.54, 1.807) is 0 Å². The summed E-state index contributed by atoms with van der Waals surface area (Å²) in [6, 6.07) is 0.629. The molecule has 0 amide bonds. The van der Waals surface area contributed by atoms with Gasteiger partial charge in [-0.3, -0.25) is 4.90 Å². The molecular weight excluding hydrogens is 252 g/mol. The van der Waals surface area contributed by atoms with E-state index in [-0.39, 0.29) is 12.1 Å². The first-order chi connectivity index (χ1) is 9.63. The molecule has 0 aliphatic heterocycles. The lowest BCUT2D eigenvalue weighted by molar-refractivity contribution is 0.0952. The fourth-order valence-corrected chi connectivity index (χ4v) is 3.12. The van der Waals surface area contributed by atoms with Crippen molar-refractivity contribution in [3.05, 3.63) is 18.2 Å². The standard InChI is InChI=1S/C15H26N4O/c1-18(9-14-16-7-8-19(14)2)10-15(11-20,12-3-4-12)17-13-5-6-13/h7-8,12-13,17,20H,3-6,9-11H2,1-2H3. The van der Waals surface area contributed by atoms with E-state index >= 15 is 0 Å². The number of aryl methyl sites for hydroxylation is 1. The van der Waals surface area contributed by atoms with Crippen LogP contribution in [-0.2, 0) is 13.6 Å². The molecule has 5 nitrogen and oxygen atoms in total. The maximum Gasteiger partial charge on any atom is 0.122 e. The van der Waals surface area contributed by atoms with Crippen LogP contribution < -0.4 is 5.32 Å². The zero-order valence-electron chi connectivity index (χ0n) is 12.5. The van der Waals surface area contributed by atoms with Gasteiger partial charge in [0.05, 0.1) is 18.7 Å². The Morgan fingerprint density at radius 2 is 2.20 bits per heavy atom. The van der Waals surface area contributed by atoms with Gasteiger partial charge in [-0.1, -0.05) is 0 Å². The van der Waals surface area contributed by atoms with E-state index in [1.807, 2.05) is 19.4 Å². The van der Waals surface area contributed by atoms with E-state index in [0.29, 0.717) is 12.0 Å². The number of likely N-dealkylation sites (N-methyl/N-ethyl adjacent to an activating group) is 1. The minimum absolute atomic E-state index is 0.110. The third kappa shape index (κ3) is 3.05. The highest BCUT2D eigenvalue weighted by atomic mass is 16.3. The topological polar surface area (TPSA) is 53.3 Å². The Hall–Kier alpha value is -0.910. The Morgan fingerprint density at radius 1 is 1.45 bits per heavy atom. The summed E-state index contributed by atoms with van der Waals surface area (Å²) < 4.78 is 2.06. The average Bonchev–Trinajstić information content (AvgIpc) is 3.31. The number of hydrogen-bond donors (Lipinski definition) is 2. The van der Waals surface area contributed by atoms with Gasteiger partial charge in [-0.2, -0.15) is 0 Å². The van der Waals surface area contributed by atoms with Gasteiger partial charge in [0.25, 0.3) is 0 Å². The SMILES string of the molecule is CN(Cc1nccn1C)CC(CO)(NC1CC1)C1CC1. The van der Waals surface area contributed by atoms with Gasteiger partial charge in [0, 0.05) is 32.0 Å². The minimum Gasteiger partial charge on any atom is -0.394 e. The van der Waals surface area contributed by atoms with E-state index in [0.717, 1.165) is 18.9 Å². The molecule has 0 saturated heterocycles. The van der Waals surface area contributed by atoms with Crippen LogP contribution >= 0.6 is 0 Å². The molecule has 2 aliphatic rings. The Kier molecular flexibility index (Phi) is 3.84. The van der Waals surface area contributed by atoms with Crippen molar-refractivity contribution in [1.29, 1.82) is 0 Å². The van der Waals surface area contributed by atoms with Crippen LogP contribution in [-0.4, -0.2) is 51.3 Å². The van der Waals surface area contributed by atoms with Crippen LogP contribution in [0.25, 0.3) is 0 Å². The van der Waals surface area contributed by atoms with Gasteiger partial charge >= 0.3 is 0 Å². The predicted molar refractivity (Wildman–Crippen MR) is 78.2 cm³/mol. The summed E-state index contributed by atoms with van der Waals surface area (Å²) >= 11 is 0. The van der Waals surface area contributed by atoms with Crippen molar-refractivity contribution < 1.29 is 5.11 Å². The van der Waals surface area contributed by atoms with E-state index < -0.39 is 0 Å². The first-order valence-corrected chi connectivity index (χ1v) is 7.66. The monoisotopic (exact) mass is 278 g/mol. The maximum absolute atomic E-state index is 9.98. The maximum atomic E-state index is 9.98. The molecule has 1 atom stereocenters. The summed E-state index contributed by atoms with van der Waals surface area (Å²) in [4.78, 5) is 6.67. The summed E-state index contributed by atoms with van der Waals surface area (Å²) in [6.45, 7) is 1.95. The lowest BCUT2D eigenvalue weighted by atomic mass is 9.93. The second-order valence-electron chi connectivity index (χ2n) is 6.63. The van der Waals surface area contributed by atoms with Gasteiger partial charge in [0.15, 0.2) is 0 Å². The van der Waals surface area contributed by atoms with Crippen LogP contribution in [0.3, 0.4) is 0 Å². The van der Waals surface area contributed by atoms with Crippen LogP contribution in [0.1, 0.15) is 31.5 Å². The van der Waals surface area contributed by atoms with Crippen LogP contribution in [0.5, 0.6) is 0 Å². The predicted octanol–water partition coefficient (Wildman–Crippen LogP) is 0.745. The first kappa shape index (κ1) is 14.0. The normalized spacial score (nSPS) is 22.2. The van der Waals surface area contributed by atoms with Gasteiger partial charge in [-0.05, 0) is 38.6 Å². The number of aliphatic hydroxyl groups is 1. The Labute approximate surface area is 121 Å². The van der Waals surface area contributed by atoms with Crippen LogP contribution in [0.15, 0.2) is 12.4 Å². The summed E-state index contributed by atoms with van der Waals surface area (Å²) in [5.41, 5.74) is -0.110. The first-order valence-electron chi connectivity index (χ1n) is 7.66. The summed E-state index contributed by atoms with van der Waals surface area (Å²) in [6.07, 6.45) is 8.83. The summed E-state index contributed by atoms with van der Waals surface area (Å²) in [5, 5.41) is 13.7. The van der Waals surface area contributed by atoms with Gasteiger partial charge in [-0.25, -0.2) is 4.98 Å². The van der Waals surface area contributed by atoms with Crippen molar-refractivity contribution in [3.63, 3.8) is 0 Å². The molecule has 2 fully saturated rings. The van der Waals surface area contributed by atoms with E-state index in [1.165, 1.54) is 25.7 Å². The molecule has 1 heterocycles. The fourth-order valence-electron chi connectivity index (χ4n) is 3.12. The van der Waals surface area contributed by atoms with Crippen LogP contribution in [0, 0.1) is 5.92 Å². The van der Waals surface area contributed by atoms with Crippen molar-refractivity contribution in [2.45, 2.75) is 43.8 Å². The van der Waals surface area contributed by atoms with Crippen molar-refractivity contribution in [3.8, 4) is 0 Å². The Balaban J connectivity index is 1.64. The van der Waals surface area contributed by atoms with E-state index in [4.69, 9.17) is 0 Å². The van der Waals surface area contributed by atoms with Crippen LogP contribution in [0.4, 0.5) is 0 Å². The van der Waals surface area contributed by atoms with Crippen LogP contribution in [0.2, 0.25) is 0 Å². The van der Waals surface area contributed by atoms with Gasteiger partial charge in [0.2, 0.25) is 0 Å². The van der Waals surface area contributed by atoms with Gasteiger partial charge in [0.1, 0.15) is 5.82 Å². The molecule has 0 aromatic carbocycles. The quantitative estimate of drug-likeness (QED) is 0.736.